The number of halogens is 1. The van der Waals surface area contributed by atoms with Gasteiger partial charge in [0.1, 0.15) is 5.82 Å². The number of hydrogen-bond acceptors (Lipinski definition) is 6. The average molecular weight is 420 g/mol. The molecule has 0 atom stereocenters. The molecule has 0 bridgehead atoms. The average Bonchev–Trinajstić information content (AvgIpc) is 3.22. The maximum Gasteiger partial charge on any atom is 0.274 e. The Hall–Kier alpha value is -3.59. The lowest BCUT2D eigenvalue weighted by Crippen LogP contribution is -2.24. The van der Waals surface area contributed by atoms with E-state index in [1.54, 1.807) is 35.3 Å². The van der Waals surface area contributed by atoms with E-state index in [-0.39, 0.29) is 24.0 Å². The Morgan fingerprint density at radius 1 is 1.00 bits per heavy atom. The Balaban J connectivity index is 1.57. The maximum absolute atomic E-state index is 13.1. The minimum absolute atomic E-state index is 0.226. The summed E-state index contributed by atoms with van der Waals surface area (Å²) in [5, 5.41) is 11.7. The van der Waals surface area contributed by atoms with Crippen molar-refractivity contribution in [3.05, 3.63) is 95.8 Å². The number of thioether (sulfide) groups is 1. The highest BCUT2D eigenvalue weighted by Gasteiger charge is 2.21. The second kappa shape index (κ2) is 9.27. The van der Waals surface area contributed by atoms with Gasteiger partial charge in [-0.25, -0.2) is 19.0 Å². The van der Waals surface area contributed by atoms with E-state index in [1.165, 1.54) is 23.9 Å². The second-order valence-corrected chi connectivity index (χ2v) is 7.20. The van der Waals surface area contributed by atoms with Crippen LogP contribution in [0.5, 0.6) is 0 Å². The predicted octanol–water partition coefficient (Wildman–Crippen LogP) is 3.42. The van der Waals surface area contributed by atoms with Crippen molar-refractivity contribution in [3.8, 4) is 5.69 Å². The molecule has 0 fully saturated rings. The van der Waals surface area contributed by atoms with E-state index in [0.29, 0.717) is 16.6 Å². The van der Waals surface area contributed by atoms with Gasteiger partial charge in [0, 0.05) is 24.7 Å². The molecule has 30 heavy (non-hydrogen) atoms. The number of aromatic nitrogens is 5. The van der Waals surface area contributed by atoms with Crippen molar-refractivity contribution in [1.82, 2.24) is 30.3 Å². The third-order valence-corrected chi connectivity index (χ3v) is 5.11. The van der Waals surface area contributed by atoms with E-state index in [2.05, 4.69) is 25.6 Å². The minimum Gasteiger partial charge on any atom is -0.347 e. The molecule has 0 spiro atoms. The first kappa shape index (κ1) is 19.7. The summed E-state index contributed by atoms with van der Waals surface area (Å²) < 4.78 is 14.7. The largest absolute Gasteiger partial charge is 0.347 e. The summed E-state index contributed by atoms with van der Waals surface area (Å²) in [6, 6.07) is 17.2. The second-order valence-electron chi connectivity index (χ2n) is 6.26. The molecule has 0 radical (unpaired) electrons. The molecule has 0 saturated heterocycles. The van der Waals surface area contributed by atoms with Crippen molar-refractivity contribution < 1.29 is 9.18 Å². The van der Waals surface area contributed by atoms with Crippen LogP contribution in [0.1, 0.15) is 21.7 Å². The van der Waals surface area contributed by atoms with Crippen molar-refractivity contribution in [2.24, 2.45) is 0 Å². The van der Waals surface area contributed by atoms with E-state index in [9.17, 15) is 9.18 Å². The molecule has 9 heteroatoms. The standard InChI is InChI=1S/C21H17FN6OS/c22-16-9-7-15(8-10-16)13-25-20(29)19-18(14-30-21-23-11-4-12-24-21)28(27-26-19)17-5-2-1-3-6-17/h1-12H,13-14H2,(H,25,29). The van der Waals surface area contributed by atoms with Crippen LogP contribution in [0.4, 0.5) is 4.39 Å². The fraction of sp³-hybridized carbons (Fsp3) is 0.0952. The van der Waals surface area contributed by atoms with Gasteiger partial charge in [0.2, 0.25) is 0 Å². The molecular weight excluding hydrogens is 403 g/mol. The quantitative estimate of drug-likeness (QED) is 0.364. The molecule has 0 aliphatic heterocycles. The molecule has 1 amide bonds. The number of nitrogens with one attached hydrogen (secondary N) is 1. The Labute approximate surface area is 176 Å². The molecule has 0 aliphatic carbocycles. The Kier molecular flexibility index (Phi) is 6.09. The van der Waals surface area contributed by atoms with E-state index in [1.807, 2.05) is 30.3 Å². The summed E-state index contributed by atoms with van der Waals surface area (Å²) in [4.78, 5) is 21.2. The molecular formula is C21H17FN6OS. The number of hydrogen-bond donors (Lipinski definition) is 1. The fourth-order valence-electron chi connectivity index (χ4n) is 2.75. The van der Waals surface area contributed by atoms with Crippen LogP contribution in [-0.2, 0) is 12.3 Å². The number of para-hydroxylation sites is 1. The molecule has 2 aromatic carbocycles. The van der Waals surface area contributed by atoms with Crippen LogP contribution in [-0.4, -0.2) is 30.9 Å². The number of amides is 1. The van der Waals surface area contributed by atoms with Gasteiger partial charge >= 0.3 is 0 Å². The van der Waals surface area contributed by atoms with Gasteiger partial charge in [0.25, 0.3) is 5.91 Å². The van der Waals surface area contributed by atoms with Crippen LogP contribution in [0.25, 0.3) is 5.69 Å². The topological polar surface area (TPSA) is 85.6 Å². The van der Waals surface area contributed by atoms with Gasteiger partial charge in [-0.05, 0) is 35.9 Å². The first-order chi connectivity index (χ1) is 14.7. The van der Waals surface area contributed by atoms with Crippen molar-refractivity contribution in [2.75, 3.05) is 0 Å². The molecule has 0 aliphatic rings. The monoisotopic (exact) mass is 420 g/mol. The minimum atomic E-state index is -0.355. The molecule has 4 aromatic rings. The van der Waals surface area contributed by atoms with E-state index in [4.69, 9.17) is 0 Å². The molecule has 0 unspecified atom stereocenters. The van der Waals surface area contributed by atoms with Crippen LogP contribution in [0.15, 0.2) is 78.2 Å². The van der Waals surface area contributed by atoms with Crippen LogP contribution < -0.4 is 5.32 Å². The van der Waals surface area contributed by atoms with Crippen LogP contribution in [0, 0.1) is 5.82 Å². The van der Waals surface area contributed by atoms with Crippen LogP contribution >= 0.6 is 11.8 Å². The molecule has 2 aromatic heterocycles. The van der Waals surface area contributed by atoms with Crippen molar-refractivity contribution >= 4 is 17.7 Å². The first-order valence-electron chi connectivity index (χ1n) is 9.13. The Morgan fingerprint density at radius 2 is 1.73 bits per heavy atom. The van der Waals surface area contributed by atoms with Crippen LogP contribution in [0.3, 0.4) is 0 Å². The zero-order valence-corrected chi connectivity index (χ0v) is 16.6. The summed E-state index contributed by atoms with van der Waals surface area (Å²) in [6.45, 7) is 0.256. The maximum atomic E-state index is 13.1. The summed E-state index contributed by atoms with van der Waals surface area (Å²) in [6.07, 6.45) is 3.33. The number of nitrogens with zero attached hydrogens (tertiary/aromatic N) is 5. The van der Waals surface area contributed by atoms with Crippen molar-refractivity contribution in [1.29, 1.82) is 0 Å². The van der Waals surface area contributed by atoms with Gasteiger partial charge in [-0.2, -0.15) is 0 Å². The number of benzene rings is 2. The Bertz CT molecular complexity index is 1120. The summed E-state index contributed by atoms with van der Waals surface area (Å²) in [5.74, 6) is -0.269. The number of carbonyl (C=O) groups is 1. The van der Waals surface area contributed by atoms with Gasteiger partial charge in [0.15, 0.2) is 10.9 Å². The lowest BCUT2D eigenvalue weighted by atomic mass is 10.2. The Morgan fingerprint density at radius 3 is 2.47 bits per heavy atom. The predicted molar refractivity (Wildman–Crippen MR) is 111 cm³/mol. The van der Waals surface area contributed by atoms with Gasteiger partial charge in [0.05, 0.1) is 11.4 Å². The molecule has 2 heterocycles. The highest BCUT2D eigenvalue weighted by atomic mass is 32.2. The smallest absolute Gasteiger partial charge is 0.274 e. The number of carbonyl (C=O) groups excluding carboxylic acids is 1. The van der Waals surface area contributed by atoms with Gasteiger partial charge in [-0.3, -0.25) is 4.79 Å². The van der Waals surface area contributed by atoms with Gasteiger partial charge in [-0.1, -0.05) is 47.3 Å². The SMILES string of the molecule is O=C(NCc1ccc(F)cc1)c1nnn(-c2ccccc2)c1CSc1ncccn1. The normalized spacial score (nSPS) is 10.7. The zero-order valence-electron chi connectivity index (χ0n) is 15.8. The zero-order chi connectivity index (χ0) is 20.8. The molecule has 0 saturated carbocycles. The van der Waals surface area contributed by atoms with Gasteiger partial charge in [-0.15, -0.1) is 5.10 Å². The summed E-state index contributed by atoms with van der Waals surface area (Å²) >= 11 is 1.39. The molecule has 150 valence electrons. The molecule has 7 nitrogen and oxygen atoms in total. The third kappa shape index (κ3) is 4.69. The van der Waals surface area contributed by atoms with Crippen LogP contribution in [0.2, 0.25) is 0 Å². The lowest BCUT2D eigenvalue weighted by molar-refractivity contribution is 0.0945. The fourth-order valence-corrected chi connectivity index (χ4v) is 3.54. The first-order valence-corrected chi connectivity index (χ1v) is 10.1. The van der Waals surface area contributed by atoms with E-state index >= 15 is 0 Å². The van der Waals surface area contributed by atoms with E-state index < -0.39 is 0 Å². The van der Waals surface area contributed by atoms with Crippen molar-refractivity contribution in [3.63, 3.8) is 0 Å². The third-order valence-electron chi connectivity index (χ3n) is 4.23. The molecule has 1 N–H and O–H groups in total. The lowest BCUT2D eigenvalue weighted by Gasteiger charge is -2.08. The van der Waals surface area contributed by atoms with E-state index in [0.717, 1.165) is 11.3 Å². The highest BCUT2D eigenvalue weighted by Crippen LogP contribution is 2.22. The highest BCUT2D eigenvalue weighted by molar-refractivity contribution is 7.98. The summed E-state index contributed by atoms with van der Waals surface area (Å²) in [5.41, 5.74) is 2.45. The van der Waals surface area contributed by atoms with Crippen molar-refractivity contribution in [2.45, 2.75) is 17.5 Å². The summed E-state index contributed by atoms with van der Waals surface area (Å²) in [7, 11) is 0. The molecule has 4 rings (SSSR count). The van der Waals surface area contributed by atoms with Gasteiger partial charge < -0.3 is 5.32 Å². The number of rotatable bonds is 7.